The van der Waals surface area contributed by atoms with E-state index in [1.807, 2.05) is 56.3 Å². The molecule has 0 bridgehead atoms. The van der Waals surface area contributed by atoms with E-state index in [1.165, 1.54) is 4.57 Å². The van der Waals surface area contributed by atoms with E-state index in [-0.39, 0.29) is 22.7 Å². The lowest BCUT2D eigenvalue weighted by Crippen LogP contribution is -2.39. The Bertz CT molecular complexity index is 2090. The van der Waals surface area contributed by atoms with Crippen LogP contribution in [-0.2, 0) is 16.6 Å². The Balaban J connectivity index is 1.54. The highest BCUT2D eigenvalue weighted by molar-refractivity contribution is 7.92. The van der Waals surface area contributed by atoms with Crippen LogP contribution >= 0.6 is 0 Å². The van der Waals surface area contributed by atoms with E-state index in [9.17, 15) is 18.0 Å². The van der Waals surface area contributed by atoms with Crippen molar-refractivity contribution in [1.29, 1.82) is 0 Å². The Morgan fingerprint density at radius 1 is 0.868 bits per heavy atom. The quantitative estimate of drug-likeness (QED) is 0.354. The third-order valence-corrected chi connectivity index (χ3v) is 8.42. The van der Waals surface area contributed by atoms with Gasteiger partial charge in [-0.25, -0.2) is 13.2 Å². The molecule has 0 fully saturated rings. The minimum atomic E-state index is -3.75. The van der Waals surface area contributed by atoms with E-state index in [1.54, 1.807) is 46.9 Å². The Labute approximate surface area is 218 Å². The molecule has 192 valence electrons. The second kappa shape index (κ2) is 8.68. The summed E-state index contributed by atoms with van der Waals surface area (Å²) in [6.07, 6.45) is 0. The summed E-state index contributed by atoms with van der Waals surface area (Å²) in [6.45, 7) is 2.75. The lowest BCUT2D eigenvalue weighted by molar-refractivity contribution is 0.376. The fourth-order valence-corrected chi connectivity index (χ4v) is 6.16. The third-order valence-electron chi connectivity index (χ3n) is 7.02. The van der Waals surface area contributed by atoms with Crippen molar-refractivity contribution in [2.24, 2.45) is 0 Å². The van der Waals surface area contributed by atoms with Crippen molar-refractivity contribution in [2.75, 3.05) is 25.4 Å². The topological polar surface area (TPSA) is 92.9 Å². The predicted molar refractivity (Wildman–Crippen MR) is 152 cm³/mol. The van der Waals surface area contributed by atoms with Crippen LogP contribution in [0.3, 0.4) is 0 Å². The van der Waals surface area contributed by atoms with Crippen molar-refractivity contribution in [1.82, 2.24) is 13.9 Å². The van der Waals surface area contributed by atoms with Crippen LogP contribution < -0.4 is 16.0 Å². The fraction of sp³-hybridized carbons (Fsp3) is 0.172. The smallest absolute Gasteiger partial charge is 0.308 e. The van der Waals surface area contributed by atoms with Gasteiger partial charge in [-0.1, -0.05) is 42.0 Å². The highest BCUT2D eigenvalue weighted by atomic mass is 32.2. The molecule has 0 saturated heterocycles. The minimum absolute atomic E-state index is 0.189. The molecule has 8 nitrogen and oxygen atoms in total. The van der Waals surface area contributed by atoms with Gasteiger partial charge in [-0.05, 0) is 68.2 Å². The first-order valence-electron chi connectivity index (χ1n) is 12.3. The van der Waals surface area contributed by atoms with E-state index >= 15 is 0 Å². The summed E-state index contributed by atoms with van der Waals surface area (Å²) < 4.78 is 31.4. The lowest BCUT2D eigenvalue weighted by atomic mass is 10.0. The molecule has 0 spiro atoms. The average molecular weight is 527 g/mol. The Morgan fingerprint density at radius 2 is 1.61 bits per heavy atom. The van der Waals surface area contributed by atoms with E-state index in [0.29, 0.717) is 28.7 Å². The van der Waals surface area contributed by atoms with Crippen LogP contribution in [0, 0.1) is 6.92 Å². The number of nitrogens with one attached hydrogen (secondary N) is 1. The Morgan fingerprint density at radius 3 is 2.34 bits per heavy atom. The molecule has 9 heteroatoms. The molecule has 0 amide bonds. The highest BCUT2D eigenvalue weighted by Gasteiger charge is 2.20. The molecular formula is C29H26N4O4S. The van der Waals surface area contributed by atoms with E-state index in [2.05, 4.69) is 4.72 Å². The SMILES string of the molecule is Cc1ccc(S(=O)(=O)Nc2ccc3c(ccc4c3c3cccc5c(=O)n(CCN(C)C)c(=O)n4c53)c2)cc1. The number of likely N-dealkylation sites (N-methyl/N-ethyl adjacent to an activating group) is 1. The first kappa shape index (κ1) is 24.1. The fourth-order valence-electron chi connectivity index (χ4n) is 5.11. The molecule has 2 heterocycles. The predicted octanol–water partition coefficient (Wildman–Crippen LogP) is 4.03. The van der Waals surface area contributed by atoms with Crippen molar-refractivity contribution in [3.8, 4) is 0 Å². The largest absolute Gasteiger partial charge is 0.336 e. The lowest BCUT2D eigenvalue weighted by Gasteiger charge is -2.12. The van der Waals surface area contributed by atoms with Crippen LogP contribution in [-0.4, -0.2) is 42.9 Å². The normalized spacial score (nSPS) is 12.4. The number of para-hydroxylation sites is 1. The van der Waals surface area contributed by atoms with Gasteiger partial charge in [0.15, 0.2) is 0 Å². The number of aryl methyl sites for hydroxylation is 1. The number of benzene rings is 4. The van der Waals surface area contributed by atoms with Crippen LogP contribution in [0.5, 0.6) is 0 Å². The van der Waals surface area contributed by atoms with Gasteiger partial charge in [-0.15, -0.1) is 0 Å². The summed E-state index contributed by atoms with van der Waals surface area (Å²) in [7, 11) is 0.0508. The number of hydrogen-bond donors (Lipinski definition) is 1. The second-order valence-corrected chi connectivity index (χ2v) is 11.6. The zero-order chi connectivity index (χ0) is 26.8. The first-order chi connectivity index (χ1) is 18.2. The summed E-state index contributed by atoms with van der Waals surface area (Å²) in [6, 6.07) is 21.3. The number of rotatable bonds is 6. The molecule has 0 radical (unpaired) electrons. The molecule has 0 saturated carbocycles. The number of hydrogen-bond acceptors (Lipinski definition) is 5. The Hall–Kier alpha value is -4.21. The first-order valence-corrected chi connectivity index (χ1v) is 13.7. The van der Waals surface area contributed by atoms with Gasteiger partial charge >= 0.3 is 5.69 Å². The number of nitrogens with zero attached hydrogens (tertiary/aromatic N) is 3. The minimum Gasteiger partial charge on any atom is -0.308 e. The third kappa shape index (κ3) is 3.74. The second-order valence-electron chi connectivity index (χ2n) is 9.89. The van der Waals surface area contributed by atoms with Gasteiger partial charge in [-0.2, -0.15) is 0 Å². The summed E-state index contributed by atoms with van der Waals surface area (Å²) >= 11 is 0. The molecule has 0 atom stereocenters. The van der Waals surface area contributed by atoms with Gasteiger partial charge in [0.25, 0.3) is 15.6 Å². The zero-order valence-corrected chi connectivity index (χ0v) is 22.0. The maximum absolute atomic E-state index is 13.6. The Kier molecular flexibility index (Phi) is 5.51. The van der Waals surface area contributed by atoms with Crippen molar-refractivity contribution < 1.29 is 8.42 Å². The van der Waals surface area contributed by atoms with Crippen molar-refractivity contribution in [3.05, 3.63) is 99.2 Å². The van der Waals surface area contributed by atoms with Crippen LogP contribution in [0.2, 0.25) is 0 Å². The molecule has 6 rings (SSSR count). The highest BCUT2D eigenvalue weighted by Crippen LogP contribution is 2.36. The summed E-state index contributed by atoms with van der Waals surface area (Å²) in [5, 5.41) is 3.83. The summed E-state index contributed by atoms with van der Waals surface area (Å²) in [4.78, 5) is 29.0. The van der Waals surface area contributed by atoms with Gasteiger partial charge in [0, 0.05) is 29.5 Å². The summed E-state index contributed by atoms with van der Waals surface area (Å²) in [5.41, 5.74) is 2.07. The molecule has 2 aromatic heterocycles. The molecule has 0 unspecified atom stereocenters. The van der Waals surface area contributed by atoms with Crippen LogP contribution in [0.15, 0.2) is 87.3 Å². The monoisotopic (exact) mass is 526 g/mol. The number of anilines is 1. The maximum Gasteiger partial charge on any atom is 0.336 e. The van der Waals surface area contributed by atoms with E-state index in [4.69, 9.17) is 0 Å². The molecule has 1 N–H and O–H groups in total. The van der Waals surface area contributed by atoms with Crippen LogP contribution in [0.1, 0.15) is 5.56 Å². The maximum atomic E-state index is 13.6. The van der Waals surface area contributed by atoms with E-state index in [0.717, 1.165) is 27.1 Å². The number of sulfonamides is 1. The van der Waals surface area contributed by atoms with Crippen molar-refractivity contribution in [3.63, 3.8) is 0 Å². The molecule has 0 aliphatic rings. The van der Waals surface area contributed by atoms with Crippen molar-refractivity contribution >= 4 is 53.7 Å². The molecule has 0 aliphatic heterocycles. The number of fused-ring (bicyclic) bond motifs is 5. The zero-order valence-electron chi connectivity index (χ0n) is 21.2. The van der Waals surface area contributed by atoms with Gasteiger partial charge in [-0.3, -0.25) is 18.5 Å². The molecule has 4 aromatic carbocycles. The van der Waals surface area contributed by atoms with Crippen LogP contribution in [0.4, 0.5) is 5.69 Å². The van der Waals surface area contributed by atoms with Crippen LogP contribution in [0.25, 0.3) is 38.0 Å². The van der Waals surface area contributed by atoms with Gasteiger partial charge in [0.2, 0.25) is 0 Å². The molecule has 6 aromatic rings. The average Bonchev–Trinajstić information content (AvgIpc) is 3.22. The van der Waals surface area contributed by atoms with E-state index < -0.39 is 10.0 Å². The molecular weight excluding hydrogens is 500 g/mol. The van der Waals surface area contributed by atoms with Crippen molar-refractivity contribution in [2.45, 2.75) is 18.4 Å². The van der Waals surface area contributed by atoms with Gasteiger partial charge in [0.1, 0.15) is 0 Å². The molecule has 0 aliphatic carbocycles. The number of aromatic nitrogens is 2. The standard InChI is InChI=1S/C29H26N4O4S/c1-18-7-11-21(12-8-18)38(36,37)30-20-10-13-22-19(17-20)9-14-25-26(22)23-5-4-6-24-27(23)33(25)29(35)32(28(24)34)16-15-31(2)3/h4-14,17,30H,15-16H2,1-3H3. The van der Waals surface area contributed by atoms with Gasteiger partial charge < -0.3 is 4.90 Å². The summed E-state index contributed by atoms with van der Waals surface area (Å²) in [5.74, 6) is 0. The van der Waals surface area contributed by atoms with Gasteiger partial charge in [0.05, 0.1) is 21.3 Å². The molecule has 38 heavy (non-hydrogen) atoms.